The van der Waals surface area contributed by atoms with E-state index in [2.05, 4.69) is 10.3 Å². The zero-order valence-corrected chi connectivity index (χ0v) is 14.0. The molecule has 0 unspecified atom stereocenters. The molecule has 1 saturated carbocycles. The molecule has 3 aromatic rings. The van der Waals surface area contributed by atoms with E-state index < -0.39 is 5.63 Å². The van der Waals surface area contributed by atoms with Crippen molar-refractivity contribution in [3.05, 3.63) is 50.3 Å². The van der Waals surface area contributed by atoms with E-state index in [9.17, 15) is 9.59 Å². The summed E-state index contributed by atoms with van der Waals surface area (Å²) in [5.41, 5.74) is 1.26. The van der Waals surface area contributed by atoms with Crippen LogP contribution in [0.25, 0.3) is 22.2 Å². The summed E-state index contributed by atoms with van der Waals surface area (Å²) in [6.07, 6.45) is 2.46. The number of benzene rings is 1. The van der Waals surface area contributed by atoms with Gasteiger partial charge in [0, 0.05) is 0 Å². The van der Waals surface area contributed by atoms with E-state index >= 15 is 0 Å². The number of nitrogens with zero attached hydrogens (tertiary/aromatic N) is 1. The third kappa shape index (κ3) is 3.14. The van der Waals surface area contributed by atoms with Crippen LogP contribution in [0.2, 0.25) is 0 Å². The number of amides is 1. The van der Waals surface area contributed by atoms with Crippen molar-refractivity contribution >= 4 is 31.4 Å². The van der Waals surface area contributed by atoms with Gasteiger partial charge in [-0.1, -0.05) is 0 Å². The first kappa shape index (κ1) is 14.4. The molecule has 6 heteroatoms. The summed E-state index contributed by atoms with van der Waals surface area (Å²) in [6, 6.07) is 9.56. The number of fused-ring (bicyclic) bond motifs is 1. The summed E-state index contributed by atoms with van der Waals surface area (Å²) in [6.45, 7) is 0. The Hall–Kier alpha value is -2.17. The molecule has 4 rings (SSSR count). The van der Waals surface area contributed by atoms with Crippen LogP contribution in [0.5, 0.6) is 0 Å². The summed E-state index contributed by atoms with van der Waals surface area (Å²) in [5, 5.41) is 3.82. The van der Waals surface area contributed by atoms with Crippen molar-refractivity contribution in [3.63, 3.8) is 0 Å². The maximum absolute atomic E-state index is 12.2. The second-order valence-corrected chi connectivity index (χ2v) is 7.61. The standard InChI is InChI=1S/C17H14N2O3Se/c20-15(18-11-5-6-11)8-16-19-13(9-23-16)12-7-10-3-1-2-4-14(10)22-17(12)21/h1-4,7,9,11H,5-6,8H2,(H,18,20). The first-order valence-corrected chi connectivity index (χ1v) is 9.30. The normalized spacial score (nSPS) is 14.1. The van der Waals surface area contributed by atoms with E-state index in [1.807, 2.05) is 23.1 Å². The summed E-state index contributed by atoms with van der Waals surface area (Å²) in [5.74, 6) is 0.0216. The summed E-state index contributed by atoms with van der Waals surface area (Å²) >= 11 is 0.00824. The molecule has 0 radical (unpaired) electrons. The Bertz CT molecular complexity index is 940. The van der Waals surface area contributed by atoms with Crippen molar-refractivity contribution < 1.29 is 9.21 Å². The Labute approximate surface area is 138 Å². The van der Waals surface area contributed by atoms with Gasteiger partial charge in [-0.2, -0.15) is 0 Å². The number of hydrogen-bond acceptors (Lipinski definition) is 4. The molecule has 0 spiro atoms. The van der Waals surface area contributed by atoms with E-state index in [1.165, 1.54) is 0 Å². The Balaban J connectivity index is 1.61. The number of nitrogens with one attached hydrogen (secondary N) is 1. The molecule has 1 amide bonds. The molecule has 0 atom stereocenters. The van der Waals surface area contributed by atoms with Crippen LogP contribution in [0.4, 0.5) is 0 Å². The average Bonchev–Trinajstić information content (AvgIpc) is 3.22. The predicted octanol–water partition coefficient (Wildman–Crippen LogP) is 1.73. The van der Waals surface area contributed by atoms with Crippen LogP contribution in [-0.4, -0.2) is 31.4 Å². The molecule has 2 heterocycles. The van der Waals surface area contributed by atoms with Crippen LogP contribution in [0, 0.1) is 0 Å². The van der Waals surface area contributed by atoms with Gasteiger partial charge < -0.3 is 0 Å². The van der Waals surface area contributed by atoms with E-state index in [-0.39, 0.29) is 20.4 Å². The topological polar surface area (TPSA) is 72.2 Å². The van der Waals surface area contributed by atoms with E-state index in [1.54, 1.807) is 12.1 Å². The monoisotopic (exact) mass is 374 g/mol. The quantitative estimate of drug-likeness (QED) is 0.559. The molecular formula is C17H14N2O3Se. The van der Waals surface area contributed by atoms with Crippen LogP contribution < -0.4 is 10.9 Å². The van der Waals surface area contributed by atoms with Gasteiger partial charge in [-0.3, -0.25) is 0 Å². The van der Waals surface area contributed by atoms with Gasteiger partial charge in [0.1, 0.15) is 0 Å². The Morgan fingerprint density at radius 1 is 1.35 bits per heavy atom. The zero-order valence-electron chi connectivity index (χ0n) is 12.2. The molecule has 2 aromatic heterocycles. The number of para-hydroxylation sites is 1. The Morgan fingerprint density at radius 3 is 3.00 bits per heavy atom. The minimum atomic E-state index is -0.391. The average molecular weight is 373 g/mol. The first-order valence-electron chi connectivity index (χ1n) is 7.46. The molecule has 1 fully saturated rings. The summed E-state index contributed by atoms with van der Waals surface area (Å²) < 4.78 is 6.19. The predicted molar refractivity (Wildman–Crippen MR) is 87.5 cm³/mol. The molecular weight excluding hydrogens is 359 g/mol. The SMILES string of the molecule is O=C(Cc1nc(-c2cc3ccccc3oc2=O)c[se]1)NC1CC1. The number of aromatic nitrogens is 1. The van der Waals surface area contributed by atoms with Gasteiger partial charge in [-0.25, -0.2) is 0 Å². The van der Waals surface area contributed by atoms with Crippen LogP contribution in [0.1, 0.15) is 17.4 Å². The van der Waals surface area contributed by atoms with Crippen molar-refractivity contribution in [2.24, 2.45) is 0 Å². The van der Waals surface area contributed by atoms with Gasteiger partial charge >= 0.3 is 138 Å². The Kier molecular flexibility index (Phi) is 3.63. The minimum absolute atomic E-state index is 0.00824. The fraction of sp³-hybridized carbons (Fsp3) is 0.235. The molecule has 1 N–H and O–H groups in total. The molecule has 1 aliphatic carbocycles. The molecule has 1 aliphatic rings. The van der Waals surface area contributed by atoms with Gasteiger partial charge in [0.15, 0.2) is 0 Å². The molecule has 1 aromatic carbocycles. The second kappa shape index (κ2) is 5.80. The number of rotatable bonds is 4. The van der Waals surface area contributed by atoms with E-state index in [0.29, 0.717) is 29.3 Å². The number of hydrogen-bond donors (Lipinski definition) is 1. The summed E-state index contributed by atoms with van der Waals surface area (Å²) in [7, 11) is 0. The fourth-order valence-corrected chi connectivity index (χ4v) is 4.06. The fourth-order valence-electron chi connectivity index (χ4n) is 2.40. The van der Waals surface area contributed by atoms with E-state index in [0.717, 1.165) is 22.8 Å². The van der Waals surface area contributed by atoms with Crippen molar-refractivity contribution in [2.75, 3.05) is 0 Å². The van der Waals surface area contributed by atoms with Crippen molar-refractivity contribution in [1.29, 1.82) is 0 Å². The van der Waals surface area contributed by atoms with Crippen molar-refractivity contribution in [3.8, 4) is 11.3 Å². The number of carbonyl (C=O) groups excluding carboxylic acids is 1. The van der Waals surface area contributed by atoms with Gasteiger partial charge in [-0.15, -0.1) is 0 Å². The van der Waals surface area contributed by atoms with Crippen LogP contribution >= 0.6 is 0 Å². The van der Waals surface area contributed by atoms with Gasteiger partial charge in [-0.05, 0) is 0 Å². The van der Waals surface area contributed by atoms with Gasteiger partial charge in [0.2, 0.25) is 0 Å². The van der Waals surface area contributed by atoms with Crippen LogP contribution in [0.3, 0.4) is 0 Å². The zero-order chi connectivity index (χ0) is 15.8. The second-order valence-electron chi connectivity index (χ2n) is 5.63. The van der Waals surface area contributed by atoms with Crippen LogP contribution in [0.15, 0.2) is 44.5 Å². The first-order chi connectivity index (χ1) is 11.2. The Morgan fingerprint density at radius 2 is 2.17 bits per heavy atom. The third-order valence-corrected chi connectivity index (χ3v) is 5.50. The molecule has 5 nitrogen and oxygen atoms in total. The van der Waals surface area contributed by atoms with Gasteiger partial charge in [0.05, 0.1) is 0 Å². The van der Waals surface area contributed by atoms with Crippen LogP contribution in [-0.2, 0) is 11.2 Å². The third-order valence-electron chi connectivity index (χ3n) is 3.72. The van der Waals surface area contributed by atoms with Crippen molar-refractivity contribution in [2.45, 2.75) is 25.3 Å². The van der Waals surface area contributed by atoms with Gasteiger partial charge in [0.25, 0.3) is 0 Å². The maximum atomic E-state index is 12.2. The molecule has 0 aliphatic heterocycles. The molecule has 0 saturated heterocycles. The number of carbonyl (C=O) groups is 1. The molecule has 23 heavy (non-hydrogen) atoms. The van der Waals surface area contributed by atoms with Crippen molar-refractivity contribution in [1.82, 2.24) is 10.3 Å². The molecule has 116 valence electrons. The summed E-state index contributed by atoms with van der Waals surface area (Å²) in [4.78, 5) is 30.4. The molecule has 0 bridgehead atoms. The van der Waals surface area contributed by atoms with E-state index in [4.69, 9.17) is 4.42 Å².